The van der Waals surface area contributed by atoms with Crippen LogP contribution in [0.15, 0.2) is 30.3 Å². The molecule has 0 saturated carbocycles. The summed E-state index contributed by atoms with van der Waals surface area (Å²) in [4.78, 5) is 0. The minimum absolute atomic E-state index is 0.595. The predicted molar refractivity (Wildman–Crippen MR) is 162 cm³/mol. The number of rotatable bonds is 7. The Hall–Kier alpha value is 0.321. The molecular weight excluding hydrogens is 525 g/mol. The molecule has 5 nitrogen and oxygen atoms in total. The zero-order valence-electron chi connectivity index (χ0n) is 23.4. The van der Waals surface area contributed by atoms with Crippen molar-refractivity contribution < 1.29 is 21.2 Å². The lowest BCUT2D eigenvalue weighted by molar-refractivity contribution is 0.274. The average Bonchev–Trinajstić information content (AvgIpc) is 2.74. The van der Waals surface area contributed by atoms with Crippen LogP contribution in [0.2, 0.25) is 71.0 Å². The molecule has 1 aromatic carbocycles. The maximum absolute atomic E-state index is 6.15. The van der Waals surface area contributed by atoms with Gasteiger partial charge in [-0.25, -0.2) is 0 Å². The molecule has 2 aliphatic heterocycles. The highest BCUT2D eigenvalue weighted by molar-refractivity contribution is 6.84. The van der Waals surface area contributed by atoms with Gasteiger partial charge in [0, 0.05) is 19.8 Å². The van der Waals surface area contributed by atoms with E-state index in [1.807, 2.05) is 0 Å². The molecule has 0 aromatic heterocycles. The van der Waals surface area contributed by atoms with Crippen molar-refractivity contribution in [1.82, 2.24) is 0 Å². The minimum Gasteiger partial charge on any atom is -0.420 e. The van der Waals surface area contributed by atoms with Crippen LogP contribution in [-0.2, 0) is 21.2 Å². The Balaban J connectivity index is 0.000000270. The van der Waals surface area contributed by atoms with Crippen LogP contribution in [0.1, 0.15) is 25.7 Å². The van der Waals surface area contributed by atoms with Crippen molar-refractivity contribution in [1.29, 1.82) is 0 Å². The second-order valence-corrected chi connectivity index (χ2v) is 28.8. The van der Waals surface area contributed by atoms with Crippen LogP contribution in [0.25, 0.3) is 0 Å². The zero-order valence-corrected chi connectivity index (χ0v) is 30.0. The Labute approximate surface area is 219 Å². The van der Waals surface area contributed by atoms with Crippen molar-refractivity contribution >= 4 is 58.5 Å². The van der Waals surface area contributed by atoms with Gasteiger partial charge in [0.15, 0.2) is 35.4 Å². The molecular formula is C23H52O5Si6. The molecule has 0 amide bonds. The van der Waals surface area contributed by atoms with Crippen molar-refractivity contribution in [3.05, 3.63) is 30.3 Å². The third kappa shape index (κ3) is 16.1. The molecule has 0 aliphatic carbocycles. The standard InChI is InChI=1S/C10H14OSi.C8H26O3Si4.C5H12OSi/c1-2-6-10(7-3-1)12-9-5-4-8-11-12;1-12(2)9-15(8,10-13(3)4)11-14(5,6)7;1-7-5-3-2-4-6-7/h1-3,6-7,12H,4-5,8-9H2;12-13H,1-8H3;7H,2-5H2,1H3. The first-order valence-electron chi connectivity index (χ1n) is 13.2. The Kier molecular flexibility index (Phi) is 16.1. The average molecular weight is 577 g/mol. The van der Waals surface area contributed by atoms with Crippen LogP contribution in [0.4, 0.5) is 0 Å². The maximum atomic E-state index is 6.15. The summed E-state index contributed by atoms with van der Waals surface area (Å²) in [5.41, 5.74) is 0. The fourth-order valence-corrected chi connectivity index (χ4v) is 21.4. The summed E-state index contributed by atoms with van der Waals surface area (Å²) in [6.07, 6.45) is 5.35. The highest BCUT2D eigenvalue weighted by Gasteiger charge is 2.40. The SMILES string of the molecule is C[SiH](C)O[Si](C)(O[SiH](C)C)O[Si](C)(C)C.C[SiH]1CCCCO1.c1ccc([SiH]2CCCCO2)cc1. The molecule has 34 heavy (non-hydrogen) atoms. The molecule has 2 aliphatic rings. The van der Waals surface area contributed by atoms with Gasteiger partial charge in [-0.05, 0) is 82.5 Å². The van der Waals surface area contributed by atoms with E-state index < -0.39 is 53.3 Å². The van der Waals surface area contributed by atoms with Crippen molar-refractivity contribution in [3.63, 3.8) is 0 Å². The molecule has 198 valence electrons. The molecule has 2 fully saturated rings. The highest BCUT2D eigenvalue weighted by Crippen LogP contribution is 2.19. The molecule has 2 unspecified atom stereocenters. The van der Waals surface area contributed by atoms with Gasteiger partial charge in [0.2, 0.25) is 9.04 Å². The highest BCUT2D eigenvalue weighted by atomic mass is 28.5. The lowest BCUT2D eigenvalue weighted by Gasteiger charge is -2.35. The van der Waals surface area contributed by atoms with Crippen LogP contribution in [0.5, 0.6) is 0 Å². The van der Waals surface area contributed by atoms with E-state index >= 15 is 0 Å². The number of hydrogen-bond acceptors (Lipinski definition) is 5. The summed E-state index contributed by atoms with van der Waals surface area (Å²) in [6.45, 7) is 21.6. The normalized spacial score (nSPS) is 21.4. The lowest BCUT2D eigenvalue weighted by atomic mass is 10.3. The van der Waals surface area contributed by atoms with E-state index in [4.69, 9.17) is 21.2 Å². The van der Waals surface area contributed by atoms with Crippen LogP contribution in [-0.4, -0.2) is 66.5 Å². The first-order chi connectivity index (χ1) is 15.9. The largest absolute Gasteiger partial charge is 0.465 e. The van der Waals surface area contributed by atoms with E-state index in [0.717, 1.165) is 13.2 Å². The first kappa shape index (κ1) is 32.4. The molecule has 0 bridgehead atoms. The van der Waals surface area contributed by atoms with Gasteiger partial charge in [0.05, 0.1) is 0 Å². The fourth-order valence-electron chi connectivity index (χ4n) is 4.06. The second-order valence-electron chi connectivity index (χ2n) is 10.9. The van der Waals surface area contributed by atoms with E-state index in [-0.39, 0.29) is 0 Å². The number of hydrogen-bond donors (Lipinski definition) is 0. The quantitative estimate of drug-likeness (QED) is 0.428. The van der Waals surface area contributed by atoms with Crippen LogP contribution in [0, 0.1) is 0 Å². The van der Waals surface area contributed by atoms with Crippen molar-refractivity contribution in [2.75, 3.05) is 13.2 Å². The van der Waals surface area contributed by atoms with Crippen LogP contribution < -0.4 is 5.19 Å². The Morgan fingerprint density at radius 1 is 0.765 bits per heavy atom. The van der Waals surface area contributed by atoms with Crippen LogP contribution in [0.3, 0.4) is 0 Å². The van der Waals surface area contributed by atoms with Gasteiger partial charge in [0.1, 0.15) is 0 Å². The minimum atomic E-state index is -2.33. The Morgan fingerprint density at radius 2 is 1.29 bits per heavy atom. The van der Waals surface area contributed by atoms with Gasteiger partial charge in [-0.15, -0.1) is 0 Å². The van der Waals surface area contributed by atoms with Gasteiger partial charge in [-0.2, -0.15) is 0 Å². The molecule has 2 heterocycles. The fraction of sp³-hybridized carbons (Fsp3) is 0.739. The van der Waals surface area contributed by atoms with Crippen molar-refractivity contribution in [2.45, 2.75) is 96.7 Å². The van der Waals surface area contributed by atoms with Crippen molar-refractivity contribution in [3.8, 4) is 0 Å². The van der Waals surface area contributed by atoms with Crippen molar-refractivity contribution in [2.24, 2.45) is 0 Å². The van der Waals surface area contributed by atoms with Gasteiger partial charge >= 0.3 is 8.80 Å². The summed E-state index contributed by atoms with van der Waals surface area (Å²) >= 11 is 0. The Bertz CT molecular complexity index is 622. The number of benzene rings is 1. The summed E-state index contributed by atoms with van der Waals surface area (Å²) in [5.74, 6) is 0. The van der Waals surface area contributed by atoms with E-state index in [1.54, 1.807) is 0 Å². The molecule has 0 radical (unpaired) electrons. The van der Waals surface area contributed by atoms with Gasteiger partial charge in [-0.1, -0.05) is 43.2 Å². The third-order valence-electron chi connectivity index (χ3n) is 5.15. The molecule has 0 spiro atoms. The topological polar surface area (TPSA) is 46.2 Å². The smallest absolute Gasteiger partial charge is 0.420 e. The van der Waals surface area contributed by atoms with Gasteiger partial charge in [-0.3, -0.25) is 0 Å². The van der Waals surface area contributed by atoms with Crippen LogP contribution >= 0.6 is 0 Å². The first-order valence-corrected chi connectivity index (χ1v) is 28.7. The molecule has 2 saturated heterocycles. The van der Waals surface area contributed by atoms with Gasteiger partial charge < -0.3 is 21.2 Å². The third-order valence-corrected chi connectivity index (χ3v) is 21.0. The zero-order chi connectivity index (χ0) is 25.6. The monoisotopic (exact) mass is 576 g/mol. The Morgan fingerprint density at radius 3 is 1.65 bits per heavy atom. The van der Waals surface area contributed by atoms with E-state index in [2.05, 4.69) is 89.3 Å². The summed E-state index contributed by atoms with van der Waals surface area (Å²) in [6, 6.07) is 13.4. The molecule has 2 atom stereocenters. The molecule has 0 N–H and O–H groups in total. The second kappa shape index (κ2) is 16.9. The maximum Gasteiger partial charge on any atom is 0.465 e. The van der Waals surface area contributed by atoms with Gasteiger partial charge in [0.25, 0.3) is 0 Å². The lowest BCUT2D eigenvalue weighted by Crippen LogP contribution is -2.53. The molecule has 1 aromatic rings. The van der Waals surface area contributed by atoms with E-state index in [9.17, 15) is 0 Å². The molecule has 3 rings (SSSR count). The summed E-state index contributed by atoms with van der Waals surface area (Å²) in [7, 11) is -7.65. The van der Waals surface area contributed by atoms with E-state index in [0.29, 0.717) is 0 Å². The molecule has 11 heteroatoms. The van der Waals surface area contributed by atoms with E-state index in [1.165, 1.54) is 43.0 Å². The summed E-state index contributed by atoms with van der Waals surface area (Å²) in [5, 5.41) is 1.47. The summed E-state index contributed by atoms with van der Waals surface area (Å²) < 4.78 is 29.4. The predicted octanol–water partition coefficient (Wildman–Crippen LogP) is 4.98.